The summed E-state index contributed by atoms with van der Waals surface area (Å²) in [6, 6.07) is 0. The van der Waals surface area contributed by atoms with Gasteiger partial charge in [-0.25, -0.2) is 0 Å². The van der Waals surface area contributed by atoms with Gasteiger partial charge in [-0.2, -0.15) is 8.75 Å². The Morgan fingerprint density at radius 3 is 2.77 bits per heavy atom. The minimum absolute atomic E-state index is 0.382. The number of anilines is 1. The number of aromatic nitrogens is 2. The Bertz CT molecular complexity index is 300. The predicted molar refractivity (Wildman–Crippen MR) is 52.2 cm³/mol. The molecule has 0 aliphatic heterocycles. The van der Waals surface area contributed by atoms with Gasteiger partial charge in [-0.3, -0.25) is 0 Å². The van der Waals surface area contributed by atoms with E-state index in [2.05, 4.69) is 14.1 Å². The van der Waals surface area contributed by atoms with E-state index in [1.165, 1.54) is 0 Å². The van der Waals surface area contributed by atoms with E-state index in [0.717, 1.165) is 31.0 Å². The number of nitrogens with zero attached hydrogens (tertiary/aromatic N) is 2. The van der Waals surface area contributed by atoms with Crippen LogP contribution in [0.1, 0.15) is 19.3 Å². The maximum Gasteiger partial charge on any atom is 0.186 e. The normalized spacial score (nSPS) is 19.5. The van der Waals surface area contributed by atoms with Crippen LogP contribution >= 0.6 is 23.3 Å². The third-order valence-corrected chi connectivity index (χ3v) is 3.21. The molecule has 0 spiro atoms. The Balaban J connectivity index is 1.89. The van der Waals surface area contributed by atoms with Crippen molar-refractivity contribution in [1.29, 1.82) is 0 Å². The number of hydrogen-bond acceptors (Lipinski definition) is 5. The van der Waals surface area contributed by atoms with Crippen molar-refractivity contribution < 1.29 is 5.11 Å². The first-order valence-corrected chi connectivity index (χ1v) is 5.25. The van der Waals surface area contributed by atoms with Crippen LogP contribution < -0.4 is 5.32 Å². The Morgan fingerprint density at radius 2 is 2.31 bits per heavy atom. The highest BCUT2D eigenvalue weighted by atomic mass is 35.5. The first-order valence-electron chi connectivity index (χ1n) is 4.14. The van der Waals surface area contributed by atoms with Gasteiger partial charge >= 0.3 is 0 Å². The van der Waals surface area contributed by atoms with Crippen LogP contribution in [-0.4, -0.2) is 26.0 Å². The minimum Gasteiger partial charge on any atom is -0.388 e. The van der Waals surface area contributed by atoms with E-state index in [0.29, 0.717) is 17.5 Å². The molecule has 1 heterocycles. The lowest BCUT2D eigenvalue weighted by molar-refractivity contribution is -0.0202. The van der Waals surface area contributed by atoms with Crippen LogP contribution in [0, 0.1) is 0 Å². The van der Waals surface area contributed by atoms with Gasteiger partial charge in [-0.05, 0) is 19.3 Å². The van der Waals surface area contributed by atoms with Gasteiger partial charge in [0.25, 0.3) is 0 Å². The molecule has 1 aromatic rings. The molecule has 0 atom stereocenters. The van der Waals surface area contributed by atoms with Crippen molar-refractivity contribution in [3.8, 4) is 0 Å². The van der Waals surface area contributed by atoms with Crippen molar-refractivity contribution in [2.75, 3.05) is 11.9 Å². The van der Waals surface area contributed by atoms with Gasteiger partial charge in [-0.15, -0.1) is 0 Å². The van der Waals surface area contributed by atoms with Gasteiger partial charge in [-0.1, -0.05) is 11.6 Å². The standard InChI is InChI=1S/C7H10ClN3OS/c8-5-6(11-13-10-5)9-4-7(12)2-1-3-7/h12H,1-4H2,(H,9,11). The second kappa shape index (κ2) is 3.40. The summed E-state index contributed by atoms with van der Waals surface area (Å²) in [5, 5.41) is 13.1. The summed E-state index contributed by atoms with van der Waals surface area (Å²) in [5.41, 5.74) is -0.549. The lowest BCUT2D eigenvalue weighted by Crippen LogP contribution is -2.43. The number of nitrogens with one attached hydrogen (secondary N) is 1. The second-order valence-electron chi connectivity index (χ2n) is 3.34. The molecule has 2 N–H and O–H groups in total. The van der Waals surface area contributed by atoms with Gasteiger partial charge in [0.15, 0.2) is 11.0 Å². The number of halogens is 1. The number of hydrogen-bond donors (Lipinski definition) is 2. The number of rotatable bonds is 3. The van der Waals surface area contributed by atoms with Crippen molar-refractivity contribution in [3.05, 3.63) is 5.15 Å². The fraction of sp³-hybridized carbons (Fsp3) is 0.714. The van der Waals surface area contributed by atoms with Gasteiger partial charge in [0, 0.05) is 6.54 Å². The Labute approximate surface area is 85.3 Å². The molecule has 6 heteroatoms. The third-order valence-electron chi connectivity index (χ3n) is 2.32. The Kier molecular flexibility index (Phi) is 2.40. The summed E-state index contributed by atoms with van der Waals surface area (Å²) in [4.78, 5) is 0. The third kappa shape index (κ3) is 1.92. The molecular weight excluding hydrogens is 210 g/mol. The van der Waals surface area contributed by atoms with Crippen LogP contribution in [0.2, 0.25) is 5.15 Å². The van der Waals surface area contributed by atoms with E-state index >= 15 is 0 Å². The van der Waals surface area contributed by atoms with E-state index < -0.39 is 5.60 Å². The van der Waals surface area contributed by atoms with E-state index in [-0.39, 0.29) is 0 Å². The van der Waals surface area contributed by atoms with Crippen molar-refractivity contribution in [3.63, 3.8) is 0 Å². The molecule has 72 valence electrons. The first-order chi connectivity index (χ1) is 6.20. The molecule has 1 fully saturated rings. The van der Waals surface area contributed by atoms with Crippen LogP contribution in [0.4, 0.5) is 5.82 Å². The molecule has 0 amide bonds. The second-order valence-corrected chi connectivity index (χ2v) is 4.22. The maximum atomic E-state index is 9.75. The largest absolute Gasteiger partial charge is 0.388 e. The molecule has 4 nitrogen and oxygen atoms in total. The lowest BCUT2D eigenvalue weighted by Gasteiger charge is -2.36. The highest BCUT2D eigenvalue weighted by molar-refractivity contribution is 6.99. The summed E-state index contributed by atoms with van der Waals surface area (Å²) in [6.07, 6.45) is 2.81. The molecule has 0 radical (unpaired) electrons. The zero-order valence-corrected chi connectivity index (χ0v) is 8.53. The highest BCUT2D eigenvalue weighted by Crippen LogP contribution is 2.32. The number of aliphatic hydroxyl groups is 1. The average Bonchev–Trinajstić information content (AvgIpc) is 2.44. The molecule has 1 aliphatic carbocycles. The van der Waals surface area contributed by atoms with Crippen LogP contribution in [-0.2, 0) is 0 Å². The van der Waals surface area contributed by atoms with Gasteiger partial charge in [0.05, 0.1) is 17.3 Å². The summed E-state index contributed by atoms with van der Waals surface area (Å²) in [5.74, 6) is 0.576. The van der Waals surface area contributed by atoms with Crippen molar-refractivity contribution >= 4 is 29.1 Å². The van der Waals surface area contributed by atoms with Gasteiger partial charge in [0.1, 0.15) is 0 Å². The molecule has 0 bridgehead atoms. The van der Waals surface area contributed by atoms with Gasteiger partial charge in [0.2, 0.25) is 0 Å². The van der Waals surface area contributed by atoms with Crippen molar-refractivity contribution in [1.82, 2.24) is 8.75 Å². The SMILES string of the molecule is OC1(CNc2nsnc2Cl)CCC1. The van der Waals surface area contributed by atoms with Crippen LogP contribution in [0.25, 0.3) is 0 Å². The molecule has 2 rings (SSSR count). The predicted octanol–water partition coefficient (Wildman–Crippen LogP) is 1.52. The van der Waals surface area contributed by atoms with E-state index in [9.17, 15) is 5.11 Å². The molecule has 0 aromatic carbocycles. The van der Waals surface area contributed by atoms with E-state index in [1.54, 1.807) is 0 Å². The fourth-order valence-electron chi connectivity index (χ4n) is 1.29. The quantitative estimate of drug-likeness (QED) is 0.810. The highest BCUT2D eigenvalue weighted by Gasteiger charge is 2.34. The first kappa shape index (κ1) is 9.18. The van der Waals surface area contributed by atoms with Crippen molar-refractivity contribution in [2.45, 2.75) is 24.9 Å². The summed E-state index contributed by atoms with van der Waals surface area (Å²) >= 11 is 6.79. The monoisotopic (exact) mass is 219 g/mol. The summed E-state index contributed by atoms with van der Waals surface area (Å²) in [7, 11) is 0. The molecule has 1 saturated carbocycles. The smallest absolute Gasteiger partial charge is 0.186 e. The molecule has 0 unspecified atom stereocenters. The van der Waals surface area contributed by atoms with Crippen molar-refractivity contribution in [2.24, 2.45) is 0 Å². The van der Waals surface area contributed by atoms with Crippen LogP contribution in [0.3, 0.4) is 0 Å². The van der Waals surface area contributed by atoms with Crippen LogP contribution in [0.15, 0.2) is 0 Å². The van der Waals surface area contributed by atoms with E-state index in [1.807, 2.05) is 0 Å². The minimum atomic E-state index is -0.549. The molecule has 1 aromatic heterocycles. The molecule has 1 aliphatic rings. The zero-order valence-electron chi connectivity index (χ0n) is 6.96. The summed E-state index contributed by atoms with van der Waals surface area (Å²) in [6.45, 7) is 0.512. The fourth-order valence-corrected chi connectivity index (χ4v) is 1.98. The van der Waals surface area contributed by atoms with Crippen LogP contribution in [0.5, 0.6) is 0 Å². The zero-order chi connectivity index (χ0) is 9.31. The maximum absolute atomic E-state index is 9.75. The van der Waals surface area contributed by atoms with E-state index in [4.69, 9.17) is 11.6 Å². The Morgan fingerprint density at radius 1 is 1.54 bits per heavy atom. The summed E-state index contributed by atoms with van der Waals surface area (Å²) < 4.78 is 7.77. The topological polar surface area (TPSA) is 58.0 Å². The average molecular weight is 220 g/mol. The molecule has 0 saturated heterocycles. The Hall–Kier alpha value is -0.390. The lowest BCUT2D eigenvalue weighted by atomic mass is 9.80. The van der Waals surface area contributed by atoms with Gasteiger partial charge < -0.3 is 10.4 Å². The molecule has 13 heavy (non-hydrogen) atoms. The molecular formula is C7H10ClN3OS.